The molecule has 0 saturated carbocycles. The van der Waals surface area contributed by atoms with Gasteiger partial charge < -0.3 is 9.64 Å². The van der Waals surface area contributed by atoms with Gasteiger partial charge in [-0.3, -0.25) is 9.59 Å². The number of ketones is 2. The highest BCUT2D eigenvalue weighted by atomic mass is 19.1. The summed E-state index contributed by atoms with van der Waals surface area (Å²) >= 11 is 0. The standard InChI is InChI=1S/C19H21FN2O3/c1-13-12-22(6-7-25-13)19-11-18(24)10-16(21-19)9-17(23)8-14-2-4-15(20)5-3-14/h2-5,11,13H,6-10,12H2,1H3. The summed E-state index contributed by atoms with van der Waals surface area (Å²) in [6, 6.07) is 5.87. The van der Waals surface area contributed by atoms with Crippen LogP contribution in [0.3, 0.4) is 0 Å². The van der Waals surface area contributed by atoms with E-state index in [1.165, 1.54) is 12.1 Å². The number of rotatable bonds is 5. The Labute approximate surface area is 146 Å². The second-order valence-electron chi connectivity index (χ2n) is 6.47. The predicted octanol–water partition coefficient (Wildman–Crippen LogP) is 2.30. The third-order valence-corrected chi connectivity index (χ3v) is 4.22. The molecule has 25 heavy (non-hydrogen) atoms. The molecule has 1 aromatic rings. The molecule has 1 fully saturated rings. The van der Waals surface area contributed by atoms with E-state index in [4.69, 9.17) is 4.74 Å². The van der Waals surface area contributed by atoms with E-state index in [0.29, 0.717) is 31.2 Å². The van der Waals surface area contributed by atoms with Crippen LogP contribution in [0, 0.1) is 5.82 Å². The summed E-state index contributed by atoms with van der Waals surface area (Å²) in [6.07, 6.45) is 2.16. The molecule has 2 aliphatic rings. The minimum atomic E-state index is -0.326. The molecule has 0 aliphatic carbocycles. The van der Waals surface area contributed by atoms with Crippen LogP contribution in [-0.4, -0.2) is 48.0 Å². The van der Waals surface area contributed by atoms with Crippen LogP contribution in [-0.2, 0) is 20.7 Å². The highest BCUT2D eigenvalue weighted by Gasteiger charge is 2.23. The van der Waals surface area contributed by atoms with Gasteiger partial charge in [-0.15, -0.1) is 0 Å². The molecule has 1 saturated heterocycles. The number of halogens is 1. The number of nitrogens with zero attached hydrogens (tertiary/aromatic N) is 2. The van der Waals surface area contributed by atoms with Crippen molar-refractivity contribution in [3.8, 4) is 0 Å². The first-order valence-electron chi connectivity index (χ1n) is 8.43. The molecule has 132 valence electrons. The first-order valence-corrected chi connectivity index (χ1v) is 8.43. The monoisotopic (exact) mass is 344 g/mol. The molecule has 0 amide bonds. The molecule has 0 aromatic heterocycles. The number of aliphatic imine (C=N–C) groups is 1. The van der Waals surface area contributed by atoms with Crippen molar-refractivity contribution in [3.63, 3.8) is 0 Å². The molecule has 2 heterocycles. The first kappa shape index (κ1) is 17.5. The number of hydrogen-bond acceptors (Lipinski definition) is 5. The molecular weight excluding hydrogens is 323 g/mol. The predicted molar refractivity (Wildman–Crippen MR) is 91.9 cm³/mol. The number of carbonyl (C=O) groups excluding carboxylic acids is 2. The molecule has 0 spiro atoms. The largest absolute Gasteiger partial charge is 0.375 e. The van der Waals surface area contributed by atoms with Crippen molar-refractivity contribution in [2.24, 2.45) is 4.99 Å². The van der Waals surface area contributed by atoms with Gasteiger partial charge in [0, 0.05) is 44.1 Å². The van der Waals surface area contributed by atoms with E-state index in [-0.39, 0.29) is 42.8 Å². The lowest BCUT2D eigenvalue weighted by Gasteiger charge is -2.33. The maximum absolute atomic E-state index is 12.9. The number of allylic oxidation sites excluding steroid dienone is 1. The molecule has 1 atom stereocenters. The molecule has 0 bridgehead atoms. The second-order valence-corrected chi connectivity index (χ2v) is 6.47. The van der Waals surface area contributed by atoms with E-state index < -0.39 is 0 Å². The van der Waals surface area contributed by atoms with Crippen LogP contribution in [0.4, 0.5) is 4.39 Å². The SMILES string of the molecule is CC1CN(C2=CC(=O)CC(CC(=O)Cc3ccc(F)cc3)=N2)CCO1. The highest BCUT2D eigenvalue weighted by molar-refractivity contribution is 6.14. The van der Waals surface area contributed by atoms with Crippen LogP contribution < -0.4 is 0 Å². The molecule has 0 N–H and O–H groups in total. The third-order valence-electron chi connectivity index (χ3n) is 4.22. The van der Waals surface area contributed by atoms with Gasteiger partial charge in [0.15, 0.2) is 5.78 Å². The van der Waals surface area contributed by atoms with Gasteiger partial charge in [0.2, 0.25) is 0 Å². The number of benzene rings is 1. The fourth-order valence-corrected chi connectivity index (χ4v) is 3.04. The Kier molecular flexibility index (Phi) is 5.38. The van der Waals surface area contributed by atoms with Gasteiger partial charge in [-0.2, -0.15) is 0 Å². The maximum Gasteiger partial charge on any atom is 0.164 e. The Hall–Kier alpha value is -2.34. The van der Waals surface area contributed by atoms with Crippen molar-refractivity contribution >= 4 is 17.3 Å². The van der Waals surface area contributed by atoms with Gasteiger partial charge in [0.05, 0.1) is 12.7 Å². The zero-order chi connectivity index (χ0) is 17.8. The molecule has 1 aromatic carbocycles. The average Bonchev–Trinajstić information content (AvgIpc) is 2.56. The quantitative estimate of drug-likeness (QED) is 0.822. The average molecular weight is 344 g/mol. The number of carbonyl (C=O) groups is 2. The summed E-state index contributed by atoms with van der Waals surface area (Å²) in [5.74, 6) is 0.229. The highest BCUT2D eigenvalue weighted by Crippen LogP contribution is 2.18. The summed E-state index contributed by atoms with van der Waals surface area (Å²) in [6.45, 7) is 3.94. The van der Waals surface area contributed by atoms with E-state index in [1.54, 1.807) is 18.2 Å². The Morgan fingerprint density at radius 3 is 2.80 bits per heavy atom. The fourth-order valence-electron chi connectivity index (χ4n) is 3.04. The smallest absolute Gasteiger partial charge is 0.164 e. The van der Waals surface area contributed by atoms with E-state index in [1.807, 2.05) is 11.8 Å². The summed E-state index contributed by atoms with van der Waals surface area (Å²) in [7, 11) is 0. The van der Waals surface area contributed by atoms with Crippen LogP contribution >= 0.6 is 0 Å². The zero-order valence-corrected chi connectivity index (χ0v) is 14.2. The summed E-state index contributed by atoms with van der Waals surface area (Å²) < 4.78 is 18.4. The second kappa shape index (κ2) is 7.70. The minimum Gasteiger partial charge on any atom is -0.375 e. The van der Waals surface area contributed by atoms with Crippen molar-refractivity contribution in [1.82, 2.24) is 4.90 Å². The lowest BCUT2D eigenvalue weighted by atomic mass is 10.0. The van der Waals surface area contributed by atoms with Crippen LogP contribution in [0.5, 0.6) is 0 Å². The van der Waals surface area contributed by atoms with Crippen molar-refractivity contribution in [3.05, 3.63) is 47.5 Å². The Morgan fingerprint density at radius 2 is 2.08 bits per heavy atom. The van der Waals surface area contributed by atoms with Gasteiger partial charge in [0.25, 0.3) is 0 Å². The Balaban J connectivity index is 1.64. The molecule has 6 heteroatoms. The maximum atomic E-state index is 12.9. The third kappa shape index (κ3) is 4.82. The Bertz CT molecular complexity index is 725. The van der Waals surface area contributed by atoms with Crippen molar-refractivity contribution in [2.45, 2.75) is 32.3 Å². The lowest BCUT2D eigenvalue weighted by molar-refractivity contribution is -0.117. The minimum absolute atomic E-state index is 0.0326. The van der Waals surface area contributed by atoms with Gasteiger partial charge in [-0.05, 0) is 24.6 Å². The van der Waals surface area contributed by atoms with Crippen molar-refractivity contribution < 1.29 is 18.7 Å². The van der Waals surface area contributed by atoms with Crippen LogP contribution in [0.25, 0.3) is 0 Å². The van der Waals surface area contributed by atoms with Gasteiger partial charge in [-0.25, -0.2) is 9.38 Å². The Morgan fingerprint density at radius 1 is 1.32 bits per heavy atom. The summed E-state index contributed by atoms with van der Waals surface area (Å²) in [4.78, 5) is 30.8. The van der Waals surface area contributed by atoms with Crippen molar-refractivity contribution in [1.29, 1.82) is 0 Å². The zero-order valence-electron chi connectivity index (χ0n) is 14.2. The first-order chi connectivity index (χ1) is 12.0. The normalized spacial score (nSPS) is 21.0. The van der Waals surface area contributed by atoms with Crippen LogP contribution in [0.15, 0.2) is 41.2 Å². The molecule has 2 aliphatic heterocycles. The van der Waals surface area contributed by atoms with Gasteiger partial charge >= 0.3 is 0 Å². The van der Waals surface area contributed by atoms with Gasteiger partial charge in [-0.1, -0.05) is 12.1 Å². The number of hydrogen-bond donors (Lipinski definition) is 0. The molecule has 1 unspecified atom stereocenters. The van der Waals surface area contributed by atoms with Gasteiger partial charge in [0.1, 0.15) is 17.4 Å². The summed E-state index contributed by atoms with van der Waals surface area (Å²) in [5.41, 5.74) is 1.35. The van der Waals surface area contributed by atoms with E-state index >= 15 is 0 Å². The number of Topliss-reactive ketones (excluding diaryl/α,β-unsaturated/α-hetero) is 1. The van der Waals surface area contributed by atoms with Crippen LogP contribution in [0.1, 0.15) is 25.3 Å². The lowest BCUT2D eigenvalue weighted by Crippen LogP contribution is -2.41. The fraction of sp³-hybridized carbons (Fsp3) is 0.421. The molecule has 5 nitrogen and oxygen atoms in total. The number of morpholine rings is 1. The van der Waals surface area contributed by atoms with E-state index in [0.717, 1.165) is 5.56 Å². The topological polar surface area (TPSA) is 59.0 Å². The van der Waals surface area contributed by atoms with Crippen molar-refractivity contribution in [2.75, 3.05) is 19.7 Å². The molecular formula is C19H21FN2O3. The summed E-state index contributed by atoms with van der Waals surface area (Å²) in [5, 5.41) is 0. The number of ether oxygens (including phenoxy) is 1. The molecule has 0 radical (unpaired) electrons. The molecule has 3 rings (SSSR count). The van der Waals surface area contributed by atoms with Crippen LogP contribution in [0.2, 0.25) is 0 Å². The van der Waals surface area contributed by atoms with E-state index in [2.05, 4.69) is 4.99 Å². The van der Waals surface area contributed by atoms with E-state index in [9.17, 15) is 14.0 Å².